The van der Waals surface area contributed by atoms with Gasteiger partial charge < -0.3 is 14.7 Å². The van der Waals surface area contributed by atoms with E-state index in [0.29, 0.717) is 31.0 Å². The number of likely N-dealkylation sites (tertiary alicyclic amines) is 1. The molecule has 0 saturated carbocycles. The third kappa shape index (κ3) is 4.82. The van der Waals surface area contributed by atoms with Gasteiger partial charge in [0.25, 0.3) is 0 Å². The van der Waals surface area contributed by atoms with Crippen molar-refractivity contribution in [3.8, 4) is 0 Å². The zero-order chi connectivity index (χ0) is 15.9. The van der Waals surface area contributed by atoms with Gasteiger partial charge in [0.2, 0.25) is 17.7 Å². The monoisotopic (exact) mass is 308 g/mol. The van der Waals surface area contributed by atoms with E-state index in [1.54, 1.807) is 4.90 Å². The Morgan fingerprint density at radius 3 is 2.68 bits per heavy atom. The average molecular weight is 308 g/mol. The zero-order valence-corrected chi connectivity index (χ0v) is 13.3. The van der Waals surface area contributed by atoms with Gasteiger partial charge in [0, 0.05) is 31.8 Å². The highest BCUT2D eigenvalue weighted by atomic mass is 16.5. The first-order valence-electron chi connectivity index (χ1n) is 7.93. The van der Waals surface area contributed by atoms with E-state index in [9.17, 15) is 9.59 Å². The standard InChI is InChI=1S/C15H24N4O3/c1-11(2)15-17-13(22-18-15)7-5-6-12(20)16-10-14(21)19-8-3-4-9-19/h11H,3-10H2,1-2H3,(H,16,20). The third-order valence-electron chi connectivity index (χ3n) is 3.69. The maximum Gasteiger partial charge on any atom is 0.241 e. The van der Waals surface area contributed by atoms with Crippen LogP contribution in [0, 0.1) is 0 Å². The highest BCUT2D eigenvalue weighted by Gasteiger charge is 2.18. The molecule has 2 rings (SSSR count). The minimum absolute atomic E-state index is 0.00401. The molecule has 22 heavy (non-hydrogen) atoms. The highest BCUT2D eigenvalue weighted by Crippen LogP contribution is 2.11. The lowest BCUT2D eigenvalue weighted by Crippen LogP contribution is -2.38. The number of hydrogen-bond acceptors (Lipinski definition) is 5. The van der Waals surface area contributed by atoms with Crippen molar-refractivity contribution in [1.82, 2.24) is 20.4 Å². The number of aryl methyl sites for hydroxylation is 1. The van der Waals surface area contributed by atoms with Crippen molar-refractivity contribution in [2.24, 2.45) is 0 Å². The number of aromatic nitrogens is 2. The van der Waals surface area contributed by atoms with E-state index < -0.39 is 0 Å². The summed E-state index contributed by atoms with van der Waals surface area (Å²) in [4.78, 5) is 29.6. The summed E-state index contributed by atoms with van der Waals surface area (Å²) in [5.74, 6) is 1.37. The Balaban J connectivity index is 1.61. The quantitative estimate of drug-likeness (QED) is 0.819. The molecule has 7 nitrogen and oxygen atoms in total. The molecule has 0 radical (unpaired) electrons. The molecule has 0 spiro atoms. The number of carbonyl (C=O) groups is 2. The van der Waals surface area contributed by atoms with Gasteiger partial charge in [0.15, 0.2) is 5.82 Å². The predicted octanol–water partition coefficient (Wildman–Crippen LogP) is 1.25. The maximum atomic E-state index is 11.8. The first-order chi connectivity index (χ1) is 10.6. The molecule has 1 saturated heterocycles. The molecule has 1 N–H and O–H groups in total. The molecule has 7 heteroatoms. The van der Waals surface area contributed by atoms with Crippen molar-refractivity contribution in [2.75, 3.05) is 19.6 Å². The van der Waals surface area contributed by atoms with E-state index in [1.807, 2.05) is 13.8 Å². The van der Waals surface area contributed by atoms with Crippen molar-refractivity contribution < 1.29 is 14.1 Å². The number of rotatable bonds is 7. The second kappa shape index (κ2) is 7.91. The Morgan fingerprint density at radius 2 is 2.05 bits per heavy atom. The molecule has 0 bridgehead atoms. The lowest BCUT2D eigenvalue weighted by molar-refractivity contribution is -0.132. The number of amides is 2. The van der Waals surface area contributed by atoms with Crippen molar-refractivity contribution >= 4 is 11.8 Å². The van der Waals surface area contributed by atoms with Crippen molar-refractivity contribution in [2.45, 2.75) is 51.9 Å². The molecule has 122 valence electrons. The van der Waals surface area contributed by atoms with Crippen molar-refractivity contribution in [3.05, 3.63) is 11.7 Å². The Labute approximate surface area is 130 Å². The van der Waals surface area contributed by atoms with Gasteiger partial charge in [-0.3, -0.25) is 9.59 Å². The Hall–Kier alpha value is -1.92. The first-order valence-corrected chi connectivity index (χ1v) is 7.93. The predicted molar refractivity (Wildman–Crippen MR) is 80.1 cm³/mol. The van der Waals surface area contributed by atoms with Crippen LogP contribution in [0.1, 0.15) is 57.2 Å². The number of nitrogens with zero attached hydrogens (tertiary/aromatic N) is 3. The maximum absolute atomic E-state index is 11.8. The van der Waals surface area contributed by atoms with Crippen LogP contribution in [0.4, 0.5) is 0 Å². The van der Waals surface area contributed by atoms with E-state index in [4.69, 9.17) is 4.52 Å². The van der Waals surface area contributed by atoms with Gasteiger partial charge in [-0.05, 0) is 19.3 Å². The Morgan fingerprint density at radius 1 is 1.32 bits per heavy atom. The molecule has 1 aliphatic rings. The molecular formula is C15H24N4O3. The molecule has 0 aromatic carbocycles. The summed E-state index contributed by atoms with van der Waals surface area (Å²) >= 11 is 0. The van der Waals surface area contributed by atoms with E-state index in [0.717, 1.165) is 25.9 Å². The molecule has 0 aliphatic carbocycles. The van der Waals surface area contributed by atoms with Gasteiger partial charge in [-0.2, -0.15) is 4.98 Å². The van der Waals surface area contributed by atoms with Gasteiger partial charge >= 0.3 is 0 Å². The number of carbonyl (C=O) groups excluding carboxylic acids is 2. The molecular weight excluding hydrogens is 284 g/mol. The largest absolute Gasteiger partial charge is 0.347 e. The minimum Gasteiger partial charge on any atom is -0.347 e. The van der Waals surface area contributed by atoms with Crippen LogP contribution in [-0.2, 0) is 16.0 Å². The van der Waals surface area contributed by atoms with Gasteiger partial charge in [0.1, 0.15) is 0 Å². The SMILES string of the molecule is CC(C)c1noc(CCCC(=O)NCC(=O)N2CCCC2)n1. The van der Waals surface area contributed by atoms with Crippen molar-refractivity contribution in [1.29, 1.82) is 0 Å². The second-order valence-corrected chi connectivity index (χ2v) is 5.92. The summed E-state index contributed by atoms with van der Waals surface area (Å²) in [5, 5.41) is 6.55. The molecule has 1 aliphatic heterocycles. The fourth-order valence-electron chi connectivity index (χ4n) is 2.35. The van der Waals surface area contributed by atoms with E-state index in [-0.39, 0.29) is 24.3 Å². The van der Waals surface area contributed by atoms with Crippen LogP contribution in [-0.4, -0.2) is 46.5 Å². The summed E-state index contributed by atoms with van der Waals surface area (Å²) in [5.41, 5.74) is 0. The molecule has 1 aromatic heterocycles. The summed E-state index contributed by atoms with van der Waals surface area (Å²) in [6.07, 6.45) is 3.67. The summed E-state index contributed by atoms with van der Waals surface area (Å²) < 4.78 is 5.12. The summed E-state index contributed by atoms with van der Waals surface area (Å²) in [7, 11) is 0. The minimum atomic E-state index is -0.115. The number of nitrogens with one attached hydrogen (secondary N) is 1. The van der Waals surface area contributed by atoms with E-state index in [2.05, 4.69) is 15.5 Å². The van der Waals surface area contributed by atoms with Crippen molar-refractivity contribution in [3.63, 3.8) is 0 Å². The van der Waals surface area contributed by atoms with Crippen LogP contribution in [0.25, 0.3) is 0 Å². The van der Waals surface area contributed by atoms with Crippen LogP contribution in [0.3, 0.4) is 0 Å². The normalized spacial score (nSPS) is 14.6. The van der Waals surface area contributed by atoms with E-state index in [1.165, 1.54) is 0 Å². The molecule has 1 aromatic rings. The van der Waals surface area contributed by atoms with Crippen LogP contribution in [0.2, 0.25) is 0 Å². The molecule has 2 amide bonds. The van der Waals surface area contributed by atoms with Gasteiger partial charge in [0.05, 0.1) is 6.54 Å². The summed E-state index contributed by atoms with van der Waals surface area (Å²) in [6.45, 7) is 5.71. The van der Waals surface area contributed by atoms with E-state index >= 15 is 0 Å². The first kappa shape index (κ1) is 16.5. The van der Waals surface area contributed by atoms with Gasteiger partial charge in [-0.25, -0.2) is 0 Å². The highest BCUT2D eigenvalue weighted by molar-refractivity contribution is 5.84. The third-order valence-corrected chi connectivity index (χ3v) is 3.69. The Bertz CT molecular complexity index is 507. The average Bonchev–Trinajstić information content (AvgIpc) is 3.16. The van der Waals surface area contributed by atoms with Crippen LogP contribution >= 0.6 is 0 Å². The lowest BCUT2D eigenvalue weighted by atomic mass is 10.2. The van der Waals surface area contributed by atoms with Gasteiger partial charge in [-0.15, -0.1) is 0 Å². The van der Waals surface area contributed by atoms with Crippen LogP contribution in [0.15, 0.2) is 4.52 Å². The second-order valence-electron chi connectivity index (χ2n) is 5.92. The van der Waals surface area contributed by atoms with Gasteiger partial charge in [-0.1, -0.05) is 19.0 Å². The Kier molecular flexibility index (Phi) is 5.91. The topological polar surface area (TPSA) is 88.3 Å². The fraction of sp³-hybridized carbons (Fsp3) is 0.733. The lowest BCUT2D eigenvalue weighted by Gasteiger charge is -2.15. The van der Waals surface area contributed by atoms with Crippen LogP contribution in [0.5, 0.6) is 0 Å². The summed E-state index contributed by atoms with van der Waals surface area (Å²) in [6, 6.07) is 0. The molecule has 0 unspecified atom stereocenters. The number of hydrogen-bond donors (Lipinski definition) is 1. The molecule has 0 atom stereocenters. The smallest absolute Gasteiger partial charge is 0.241 e. The zero-order valence-electron chi connectivity index (χ0n) is 13.3. The molecule has 1 fully saturated rings. The van der Waals surface area contributed by atoms with Crippen LogP contribution < -0.4 is 5.32 Å². The fourth-order valence-corrected chi connectivity index (χ4v) is 2.35. The molecule has 2 heterocycles.